The second kappa shape index (κ2) is 8.33. The summed E-state index contributed by atoms with van der Waals surface area (Å²) in [6.07, 6.45) is 6.41. The Hall–Kier alpha value is -2.49. The van der Waals surface area contributed by atoms with Gasteiger partial charge in [-0.05, 0) is 61.3 Å². The number of quaternary nitrogens is 1. The molecule has 0 unspecified atom stereocenters. The Kier molecular flexibility index (Phi) is 5.41. The molecule has 2 aliphatic rings. The van der Waals surface area contributed by atoms with E-state index >= 15 is 0 Å². The molecule has 1 saturated heterocycles. The molecular formula is C24H27N4OS+. The maximum atomic E-state index is 8.89. The number of nitriles is 1. The van der Waals surface area contributed by atoms with Crippen molar-refractivity contribution < 1.29 is 9.64 Å². The number of thiophene rings is 1. The zero-order valence-electron chi connectivity index (χ0n) is 17.4. The number of piperidine rings is 1. The van der Waals surface area contributed by atoms with Crippen LogP contribution in [0.25, 0.3) is 10.2 Å². The van der Waals surface area contributed by atoms with Gasteiger partial charge >= 0.3 is 0 Å². The van der Waals surface area contributed by atoms with Gasteiger partial charge in [-0.1, -0.05) is 19.1 Å². The molecule has 6 heteroatoms. The van der Waals surface area contributed by atoms with Gasteiger partial charge < -0.3 is 9.64 Å². The van der Waals surface area contributed by atoms with Crippen LogP contribution in [0.1, 0.15) is 48.0 Å². The van der Waals surface area contributed by atoms with E-state index in [4.69, 9.17) is 20.0 Å². The number of likely N-dealkylation sites (tertiary alicyclic amines) is 1. The molecule has 1 aromatic carbocycles. The molecule has 154 valence electrons. The number of hydrogen-bond acceptors (Lipinski definition) is 5. The number of ether oxygens (including phenoxy) is 1. The molecule has 0 spiro atoms. The van der Waals surface area contributed by atoms with Gasteiger partial charge in [0.05, 0.1) is 31.0 Å². The Morgan fingerprint density at radius 2 is 1.97 bits per heavy atom. The number of hydrogen-bond donors (Lipinski definition) is 1. The van der Waals surface area contributed by atoms with Crippen LogP contribution in [-0.2, 0) is 25.8 Å². The predicted octanol–water partition coefficient (Wildman–Crippen LogP) is 3.85. The highest BCUT2D eigenvalue weighted by Gasteiger charge is 2.25. The lowest BCUT2D eigenvalue weighted by molar-refractivity contribution is -0.920. The summed E-state index contributed by atoms with van der Waals surface area (Å²) in [4.78, 5) is 14.0. The molecule has 30 heavy (non-hydrogen) atoms. The van der Waals surface area contributed by atoms with E-state index in [1.807, 2.05) is 35.6 Å². The maximum absolute atomic E-state index is 8.89. The first-order valence-corrected chi connectivity index (χ1v) is 11.8. The van der Waals surface area contributed by atoms with E-state index in [1.54, 1.807) is 4.90 Å². The Morgan fingerprint density at radius 1 is 1.17 bits per heavy atom. The molecule has 0 saturated carbocycles. The SMILES string of the molecule is CC1CC[NH+](Cc2nc(Oc3ccc(CC#N)cc3)c3c4c(sc3n2)CCC4)CC1. The summed E-state index contributed by atoms with van der Waals surface area (Å²) in [6, 6.07) is 9.96. The van der Waals surface area contributed by atoms with Crippen LogP contribution in [-0.4, -0.2) is 23.1 Å². The van der Waals surface area contributed by atoms with Crippen molar-refractivity contribution in [1.82, 2.24) is 9.97 Å². The van der Waals surface area contributed by atoms with E-state index in [2.05, 4.69) is 13.0 Å². The molecule has 1 fully saturated rings. The van der Waals surface area contributed by atoms with Crippen molar-refractivity contribution in [3.8, 4) is 17.7 Å². The average molecular weight is 420 g/mol. The largest absolute Gasteiger partial charge is 0.438 e. The lowest BCUT2D eigenvalue weighted by atomic mass is 9.99. The summed E-state index contributed by atoms with van der Waals surface area (Å²) in [7, 11) is 0. The minimum Gasteiger partial charge on any atom is -0.438 e. The highest BCUT2D eigenvalue weighted by molar-refractivity contribution is 7.19. The van der Waals surface area contributed by atoms with Crippen LogP contribution in [0, 0.1) is 17.2 Å². The van der Waals surface area contributed by atoms with Crippen LogP contribution in [0.15, 0.2) is 24.3 Å². The van der Waals surface area contributed by atoms with Crippen molar-refractivity contribution in [2.75, 3.05) is 13.1 Å². The van der Waals surface area contributed by atoms with Gasteiger partial charge in [0.2, 0.25) is 5.88 Å². The highest BCUT2D eigenvalue weighted by Crippen LogP contribution is 2.41. The predicted molar refractivity (Wildman–Crippen MR) is 118 cm³/mol. The molecule has 0 atom stereocenters. The Balaban J connectivity index is 1.47. The van der Waals surface area contributed by atoms with Crippen LogP contribution < -0.4 is 9.64 Å². The monoisotopic (exact) mass is 419 g/mol. The summed E-state index contributed by atoms with van der Waals surface area (Å²) < 4.78 is 6.32. The molecule has 2 aromatic heterocycles. The van der Waals surface area contributed by atoms with Crippen molar-refractivity contribution >= 4 is 21.6 Å². The lowest BCUT2D eigenvalue weighted by Crippen LogP contribution is -3.11. The standard InChI is InChI=1S/C24H26N4OS/c1-16-10-13-28(14-11-16)15-21-26-23(29-18-7-5-17(6-8-18)9-12-25)22-19-3-2-4-20(19)30-24(22)27-21/h5-8,16H,2-4,9-11,13-15H2,1H3/p+1. The first kappa shape index (κ1) is 19.5. The van der Waals surface area contributed by atoms with E-state index in [0.717, 1.165) is 52.7 Å². The highest BCUT2D eigenvalue weighted by atomic mass is 32.1. The molecule has 3 aromatic rings. The van der Waals surface area contributed by atoms with Crippen molar-refractivity contribution in [2.45, 2.75) is 52.0 Å². The fraction of sp³-hybridized carbons (Fsp3) is 0.458. The van der Waals surface area contributed by atoms with Crippen molar-refractivity contribution in [3.05, 3.63) is 46.1 Å². The fourth-order valence-electron chi connectivity index (χ4n) is 4.61. The van der Waals surface area contributed by atoms with E-state index in [1.165, 1.54) is 42.8 Å². The molecule has 5 nitrogen and oxygen atoms in total. The molecule has 1 N–H and O–H groups in total. The number of aryl methyl sites for hydroxylation is 2. The average Bonchev–Trinajstić information content (AvgIpc) is 3.32. The second-order valence-electron chi connectivity index (χ2n) is 8.67. The van der Waals surface area contributed by atoms with Crippen LogP contribution in [0.5, 0.6) is 11.6 Å². The summed E-state index contributed by atoms with van der Waals surface area (Å²) in [5.74, 6) is 3.19. The van der Waals surface area contributed by atoms with Gasteiger partial charge in [0.15, 0.2) is 5.82 Å². The van der Waals surface area contributed by atoms with Crippen LogP contribution in [0.2, 0.25) is 0 Å². The van der Waals surface area contributed by atoms with Crippen molar-refractivity contribution in [3.63, 3.8) is 0 Å². The van der Waals surface area contributed by atoms with Gasteiger partial charge in [0.1, 0.15) is 17.1 Å². The Labute approximate surface area is 181 Å². The molecule has 3 heterocycles. The molecule has 1 aliphatic heterocycles. The van der Waals surface area contributed by atoms with Crippen molar-refractivity contribution in [1.29, 1.82) is 5.26 Å². The van der Waals surface area contributed by atoms with Gasteiger partial charge in [-0.25, -0.2) is 4.98 Å². The number of rotatable bonds is 5. The zero-order valence-corrected chi connectivity index (χ0v) is 18.2. The van der Waals surface area contributed by atoms with Gasteiger partial charge in [-0.15, -0.1) is 11.3 Å². The normalized spacial score (nSPS) is 20.8. The van der Waals surface area contributed by atoms with Crippen LogP contribution in [0.4, 0.5) is 0 Å². The summed E-state index contributed by atoms with van der Waals surface area (Å²) in [6.45, 7) is 5.60. The van der Waals surface area contributed by atoms with E-state index in [9.17, 15) is 0 Å². The van der Waals surface area contributed by atoms with Gasteiger partial charge in [-0.3, -0.25) is 0 Å². The minimum absolute atomic E-state index is 0.414. The summed E-state index contributed by atoms with van der Waals surface area (Å²) >= 11 is 1.82. The molecule has 0 amide bonds. The molecule has 1 aliphatic carbocycles. The number of fused-ring (bicyclic) bond motifs is 3. The van der Waals surface area contributed by atoms with E-state index in [-0.39, 0.29) is 0 Å². The third-order valence-electron chi connectivity index (χ3n) is 6.39. The minimum atomic E-state index is 0.414. The maximum Gasteiger partial charge on any atom is 0.231 e. The number of benzene rings is 1. The van der Waals surface area contributed by atoms with Crippen LogP contribution >= 0.6 is 11.3 Å². The van der Waals surface area contributed by atoms with E-state index < -0.39 is 0 Å². The second-order valence-corrected chi connectivity index (χ2v) is 9.76. The van der Waals surface area contributed by atoms with Gasteiger partial charge in [0.25, 0.3) is 0 Å². The summed E-state index contributed by atoms with van der Waals surface area (Å²) in [5, 5.41) is 10.00. The third kappa shape index (κ3) is 3.92. The topological polar surface area (TPSA) is 63.2 Å². The Morgan fingerprint density at radius 3 is 2.73 bits per heavy atom. The van der Waals surface area contributed by atoms with Crippen LogP contribution in [0.3, 0.4) is 0 Å². The smallest absolute Gasteiger partial charge is 0.231 e. The third-order valence-corrected chi connectivity index (χ3v) is 7.57. The Bertz CT molecular complexity index is 1090. The quantitative estimate of drug-likeness (QED) is 0.682. The molecular weight excluding hydrogens is 392 g/mol. The number of aromatic nitrogens is 2. The lowest BCUT2D eigenvalue weighted by Gasteiger charge is -2.26. The first-order valence-electron chi connectivity index (χ1n) is 11.0. The zero-order chi connectivity index (χ0) is 20.5. The molecule has 0 radical (unpaired) electrons. The fourth-order valence-corrected chi connectivity index (χ4v) is 5.88. The first-order chi connectivity index (χ1) is 14.7. The van der Waals surface area contributed by atoms with Crippen molar-refractivity contribution in [2.24, 2.45) is 5.92 Å². The van der Waals surface area contributed by atoms with Gasteiger partial charge in [-0.2, -0.15) is 10.2 Å². The molecule has 0 bridgehead atoms. The number of nitrogens with zero attached hydrogens (tertiary/aromatic N) is 3. The molecule has 5 rings (SSSR count). The van der Waals surface area contributed by atoms with E-state index in [0.29, 0.717) is 12.3 Å². The number of nitrogens with one attached hydrogen (secondary N) is 1. The van der Waals surface area contributed by atoms with Gasteiger partial charge in [0, 0.05) is 4.88 Å². The summed E-state index contributed by atoms with van der Waals surface area (Å²) in [5.41, 5.74) is 2.38.